The SMILES string of the molecule is CCC[C@@H]1N(C(=O)Cn2nc(C(F)F)cc2C)CC[C@]12C(=O)Nc1ccccc12.O=CO. The number of nitrogens with one attached hydrogen (secondary N) is 1. The van der Waals surface area contributed by atoms with E-state index >= 15 is 0 Å². The number of carbonyl (C=O) groups is 3. The van der Waals surface area contributed by atoms with Crippen molar-refractivity contribution in [3.63, 3.8) is 0 Å². The number of halogens is 2. The zero-order valence-corrected chi connectivity index (χ0v) is 17.9. The molecule has 2 N–H and O–H groups in total. The number of alkyl halides is 2. The van der Waals surface area contributed by atoms with Crippen molar-refractivity contribution >= 4 is 24.0 Å². The molecule has 32 heavy (non-hydrogen) atoms. The van der Waals surface area contributed by atoms with E-state index in [-0.39, 0.29) is 36.6 Å². The largest absolute Gasteiger partial charge is 0.483 e. The number of hydrogen-bond donors (Lipinski definition) is 2. The van der Waals surface area contributed by atoms with Crippen LogP contribution in [0.1, 0.15) is 49.6 Å². The van der Waals surface area contributed by atoms with Crippen molar-refractivity contribution in [3.05, 3.63) is 47.3 Å². The molecular weight excluding hydrogens is 422 g/mol. The van der Waals surface area contributed by atoms with Crippen LogP contribution in [0.2, 0.25) is 0 Å². The summed E-state index contributed by atoms with van der Waals surface area (Å²) in [5.74, 6) is -0.271. The number of nitrogens with zero attached hydrogens (tertiary/aromatic N) is 3. The molecule has 0 unspecified atom stereocenters. The zero-order valence-electron chi connectivity index (χ0n) is 17.9. The first-order valence-corrected chi connectivity index (χ1v) is 10.4. The topological polar surface area (TPSA) is 105 Å². The molecule has 10 heteroatoms. The number of para-hydroxylation sites is 1. The number of amides is 2. The van der Waals surface area contributed by atoms with Crippen LogP contribution >= 0.6 is 0 Å². The van der Waals surface area contributed by atoms with E-state index in [1.807, 2.05) is 31.2 Å². The van der Waals surface area contributed by atoms with Crippen LogP contribution in [0.5, 0.6) is 0 Å². The highest BCUT2D eigenvalue weighted by Gasteiger charge is 2.58. The number of rotatable bonds is 5. The molecule has 1 fully saturated rings. The van der Waals surface area contributed by atoms with Gasteiger partial charge in [-0.3, -0.25) is 19.1 Å². The van der Waals surface area contributed by atoms with Crippen LogP contribution in [0.25, 0.3) is 0 Å². The first kappa shape index (κ1) is 23.4. The molecule has 172 valence electrons. The van der Waals surface area contributed by atoms with Gasteiger partial charge in [0.05, 0.1) is 11.5 Å². The van der Waals surface area contributed by atoms with Gasteiger partial charge in [0.2, 0.25) is 11.8 Å². The van der Waals surface area contributed by atoms with Crippen molar-refractivity contribution in [3.8, 4) is 0 Å². The molecule has 2 amide bonds. The van der Waals surface area contributed by atoms with E-state index in [0.29, 0.717) is 25.1 Å². The van der Waals surface area contributed by atoms with Crippen LogP contribution in [0.3, 0.4) is 0 Å². The molecule has 0 bridgehead atoms. The Bertz CT molecular complexity index is 1010. The molecule has 1 saturated heterocycles. The molecule has 2 aromatic rings. The quantitative estimate of drug-likeness (QED) is 0.684. The molecule has 4 rings (SSSR count). The first-order valence-electron chi connectivity index (χ1n) is 10.4. The molecule has 0 aliphatic carbocycles. The summed E-state index contributed by atoms with van der Waals surface area (Å²) in [5, 5.41) is 13.7. The Labute approximate surface area is 184 Å². The summed E-state index contributed by atoms with van der Waals surface area (Å²) >= 11 is 0. The van der Waals surface area contributed by atoms with Crippen LogP contribution in [-0.2, 0) is 26.3 Å². The number of aryl methyl sites for hydroxylation is 1. The summed E-state index contributed by atoms with van der Waals surface area (Å²) in [7, 11) is 0. The van der Waals surface area contributed by atoms with Gasteiger partial charge >= 0.3 is 0 Å². The number of carbonyl (C=O) groups excluding carboxylic acids is 2. The Balaban J connectivity index is 0.000000913. The van der Waals surface area contributed by atoms with E-state index < -0.39 is 11.8 Å². The molecule has 1 aromatic carbocycles. The van der Waals surface area contributed by atoms with E-state index in [1.54, 1.807) is 11.8 Å². The number of likely N-dealkylation sites (tertiary alicyclic amines) is 1. The summed E-state index contributed by atoms with van der Waals surface area (Å²) < 4.78 is 27.2. The molecule has 2 aliphatic heterocycles. The second-order valence-corrected chi connectivity index (χ2v) is 7.89. The van der Waals surface area contributed by atoms with Crippen molar-refractivity contribution in [2.45, 2.75) is 57.5 Å². The van der Waals surface area contributed by atoms with Crippen LogP contribution < -0.4 is 5.32 Å². The highest BCUT2D eigenvalue weighted by atomic mass is 19.3. The van der Waals surface area contributed by atoms with E-state index in [0.717, 1.165) is 17.7 Å². The summed E-state index contributed by atoms with van der Waals surface area (Å²) in [5.41, 5.74) is 1.17. The lowest BCUT2D eigenvalue weighted by molar-refractivity contribution is -0.134. The number of benzene rings is 1. The van der Waals surface area contributed by atoms with Gasteiger partial charge in [-0.15, -0.1) is 0 Å². The summed E-state index contributed by atoms with van der Waals surface area (Å²) in [6, 6.07) is 8.66. The number of carboxylic acid groups (broad SMARTS) is 1. The fourth-order valence-electron chi connectivity index (χ4n) is 4.80. The third-order valence-electron chi connectivity index (χ3n) is 6.14. The van der Waals surface area contributed by atoms with Gasteiger partial charge < -0.3 is 15.3 Å². The Morgan fingerprint density at radius 3 is 2.72 bits per heavy atom. The van der Waals surface area contributed by atoms with Gasteiger partial charge in [-0.2, -0.15) is 5.10 Å². The molecule has 2 aliphatic rings. The molecule has 8 nitrogen and oxygen atoms in total. The van der Waals surface area contributed by atoms with Gasteiger partial charge in [0.15, 0.2) is 0 Å². The maximum atomic E-state index is 13.1. The molecule has 0 saturated carbocycles. The molecule has 1 aromatic heterocycles. The second-order valence-electron chi connectivity index (χ2n) is 7.89. The average Bonchev–Trinajstić information content (AvgIpc) is 3.39. The molecule has 2 atom stereocenters. The Hall–Kier alpha value is -3.30. The van der Waals surface area contributed by atoms with E-state index in [4.69, 9.17) is 9.90 Å². The number of aromatic nitrogens is 2. The highest BCUT2D eigenvalue weighted by molar-refractivity contribution is 6.07. The summed E-state index contributed by atoms with van der Waals surface area (Å²) in [6.45, 7) is 3.77. The number of anilines is 1. The Morgan fingerprint density at radius 2 is 2.09 bits per heavy atom. The van der Waals surface area contributed by atoms with Crippen molar-refractivity contribution in [1.29, 1.82) is 0 Å². The fraction of sp³-hybridized carbons (Fsp3) is 0.455. The van der Waals surface area contributed by atoms with Crippen molar-refractivity contribution in [2.24, 2.45) is 0 Å². The summed E-state index contributed by atoms with van der Waals surface area (Å²) in [6.07, 6.45) is -0.616. The van der Waals surface area contributed by atoms with Crippen molar-refractivity contribution in [2.75, 3.05) is 11.9 Å². The van der Waals surface area contributed by atoms with E-state index in [9.17, 15) is 18.4 Å². The number of hydrogen-bond acceptors (Lipinski definition) is 4. The zero-order chi connectivity index (χ0) is 23.5. The van der Waals surface area contributed by atoms with Gasteiger partial charge in [0, 0.05) is 17.9 Å². The Morgan fingerprint density at radius 1 is 1.41 bits per heavy atom. The van der Waals surface area contributed by atoms with Gasteiger partial charge in [-0.1, -0.05) is 31.5 Å². The van der Waals surface area contributed by atoms with Crippen LogP contribution in [0.15, 0.2) is 30.3 Å². The third kappa shape index (κ3) is 3.96. The van der Waals surface area contributed by atoms with Crippen molar-refractivity contribution in [1.82, 2.24) is 14.7 Å². The van der Waals surface area contributed by atoms with Crippen molar-refractivity contribution < 1.29 is 28.3 Å². The predicted octanol–water partition coefficient (Wildman–Crippen LogP) is 3.12. The third-order valence-corrected chi connectivity index (χ3v) is 6.14. The lowest BCUT2D eigenvalue weighted by Crippen LogP contribution is -2.49. The number of fused-ring (bicyclic) bond motifs is 2. The predicted molar refractivity (Wildman–Crippen MR) is 112 cm³/mol. The lowest BCUT2D eigenvalue weighted by atomic mass is 9.73. The lowest BCUT2D eigenvalue weighted by Gasteiger charge is -2.34. The van der Waals surface area contributed by atoms with Gasteiger partial charge in [-0.05, 0) is 37.5 Å². The average molecular weight is 448 g/mol. The van der Waals surface area contributed by atoms with Crippen LogP contribution in [-0.4, -0.2) is 50.7 Å². The molecule has 1 spiro atoms. The van der Waals surface area contributed by atoms with Crippen LogP contribution in [0.4, 0.5) is 14.5 Å². The minimum absolute atomic E-state index is 0.0669. The maximum absolute atomic E-state index is 13.1. The standard InChI is InChI=1S/C21H24F2N4O2.CH2O2/c1-3-6-17-21(14-7-4-5-8-15(14)24-20(21)29)9-10-26(17)18(28)12-27-13(2)11-16(25-27)19(22)23;2-1-3/h4-5,7-8,11,17,19H,3,6,9-10,12H2,1-2H3,(H,24,29);1H,(H,2,3)/t17-,21+;/m0./s1. The second kappa shape index (κ2) is 9.46. The molecule has 0 radical (unpaired) electrons. The van der Waals surface area contributed by atoms with E-state index in [1.165, 1.54) is 10.7 Å². The van der Waals surface area contributed by atoms with Gasteiger partial charge in [-0.25, -0.2) is 8.78 Å². The highest BCUT2D eigenvalue weighted by Crippen LogP contribution is 2.49. The minimum Gasteiger partial charge on any atom is -0.483 e. The Kier molecular flexibility index (Phi) is 6.90. The minimum atomic E-state index is -2.67. The molecular formula is C22H26F2N4O4. The fourth-order valence-corrected chi connectivity index (χ4v) is 4.80. The van der Waals surface area contributed by atoms with Gasteiger partial charge in [0.1, 0.15) is 12.2 Å². The first-order chi connectivity index (χ1) is 15.3. The van der Waals surface area contributed by atoms with Crippen LogP contribution in [0, 0.1) is 6.92 Å². The normalized spacial score (nSPS) is 21.3. The molecule has 3 heterocycles. The van der Waals surface area contributed by atoms with Gasteiger partial charge in [0.25, 0.3) is 12.9 Å². The monoisotopic (exact) mass is 448 g/mol. The smallest absolute Gasteiger partial charge is 0.290 e. The maximum Gasteiger partial charge on any atom is 0.290 e. The summed E-state index contributed by atoms with van der Waals surface area (Å²) in [4.78, 5) is 36.3. The van der Waals surface area contributed by atoms with E-state index in [2.05, 4.69) is 10.4 Å².